The molecule has 0 spiro atoms. The minimum absolute atomic E-state index is 0.231. The minimum Gasteiger partial charge on any atom is -0.363 e. The van der Waals surface area contributed by atoms with Gasteiger partial charge in [0, 0.05) is 43.3 Å². The predicted molar refractivity (Wildman–Crippen MR) is 75.5 cm³/mol. The standard InChI is InChI=1S/C12H19N5O2S/c1-9-10(5-15-17(9)3)6-16-20(18,19)12-4-11(7-13-2)14-8-12/h4-5,8,13-14,16H,6-7H2,1-3H3. The molecule has 20 heavy (non-hydrogen) atoms. The highest BCUT2D eigenvalue weighted by Crippen LogP contribution is 2.12. The Bertz CT molecular complexity index is 687. The van der Waals surface area contributed by atoms with Gasteiger partial charge >= 0.3 is 0 Å². The number of nitrogens with zero attached hydrogens (tertiary/aromatic N) is 2. The van der Waals surface area contributed by atoms with Crippen molar-refractivity contribution in [1.29, 1.82) is 0 Å². The fourth-order valence-corrected chi connectivity index (χ4v) is 2.86. The summed E-state index contributed by atoms with van der Waals surface area (Å²) in [6.07, 6.45) is 3.16. The first-order valence-corrected chi connectivity index (χ1v) is 7.71. The highest BCUT2D eigenvalue weighted by molar-refractivity contribution is 7.89. The van der Waals surface area contributed by atoms with Crippen molar-refractivity contribution in [1.82, 2.24) is 24.8 Å². The van der Waals surface area contributed by atoms with Crippen molar-refractivity contribution in [3.63, 3.8) is 0 Å². The zero-order valence-electron chi connectivity index (χ0n) is 11.8. The van der Waals surface area contributed by atoms with Gasteiger partial charge in [-0.3, -0.25) is 4.68 Å². The smallest absolute Gasteiger partial charge is 0.242 e. The molecule has 2 aromatic heterocycles. The van der Waals surface area contributed by atoms with Crippen molar-refractivity contribution >= 4 is 10.0 Å². The van der Waals surface area contributed by atoms with Crippen LogP contribution in [0.3, 0.4) is 0 Å². The molecule has 3 N–H and O–H groups in total. The Morgan fingerprint density at radius 1 is 1.40 bits per heavy atom. The zero-order chi connectivity index (χ0) is 14.8. The predicted octanol–water partition coefficient (Wildman–Crippen LogP) is 0.255. The van der Waals surface area contributed by atoms with Gasteiger partial charge in [0.2, 0.25) is 10.0 Å². The second-order valence-corrected chi connectivity index (χ2v) is 6.36. The first kappa shape index (κ1) is 14.8. The van der Waals surface area contributed by atoms with E-state index in [4.69, 9.17) is 0 Å². The first-order chi connectivity index (χ1) is 9.44. The number of hydrogen-bond acceptors (Lipinski definition) is 4. The molecule has 0 bridgehead atoms. The number of H-pyrrole nitrogens is 1. The molecule has 7 nitrogen and oxygen atoms in total. The molecule has 0 aromatic carbocycles. The van der Waals surface area contributed by atoms with Gasteiger partial charge in [0.25, 0.3) is 0 Å². The zero-order valence-corrected chi connectivity index (χ0v) is 12.6. The van der Waals surface area contributed by atoms with Crippen molar-refractivity contribution in [3.8, 4) is 0 Å². The van der Waals surface area contributed by atoms with E-state index in [-0.39, 0.29) is 11.4 Å². The Hall–Kier alpha value is -1.64. The van der Waals surface area contributed by atoms with Crippen LogP contribution in [-0.4, -0.2) is 30.2 Å². The Balaban J connectivity index is 2.08. The van der Waals surface area contributed by atoms with E-state index in [0.29, 0.717) is 6.54 Å². The van der Waals surface area contributed by atoms with Crippen LogP contribution in [-0.2, 0) is 30.2 Å². The van der Waals surface area contributed by atoms with Gasteiger partial charge in [-0.25, -0.2) is 13.1 Å². The molecular weight excluding hydrogens is 278 g/mol. The van der Waals surface area contributed by atoms with E-state index in [1.165, 1.54) is 6.20 Å². The summed E-state index contributed by atoms with van der Waals surface area (Å²) in [5.74, 6) is 0. The second-order valence-electron chi connectivity index (χ2n) is 4.59. The quantitative estimate of drug-likeness (QED) is 0.713. The molecule has 2 aromatic rings. The molecule has 0 saturated heterocycles. The number of sulfonamides is 1. The maximum atomic E-state index is 12.2. The van der Waals surface area contributed by atoms with Crippen LogP contribution in [0.2, 0.25) is 0 Å². The molecule has 2 rings (SSSR count). The summed E-state index contributed by atoms with van der Waals surface area (Å²) < 4.78 is 28.6. The largest absolute Gasteiger partial charge is 0.363 e. The lowest BCUT2D eigenvalue weighted by Gasteiger charge is -2.04. The average molecular weight is 297 g/mol. The lowest BCUT2D eigenvalue weighted by atomic mass is 10.3. The molecule has 2 heterocycles. The number of aromatic amines is 1. The van der Waals surface area contributed by atoms with E-state index >= 15 is 0 Å². The van der Waals surface area contributed by atoms with E-state index in [2.05, 4.69) is 20.1 Å². The summed E-state index contributed by atoms with van der Waals surface area (Å²) in [5, 5.41) is 7.04. The Kier molecular flexibility index (Phi) is 4.26. The highest BCUT2D eigenvalue weighted by Gasteiger charge is 2.16. The summed E-state index contributed by atoms with van der Waals surface area (Å²) in [6, 6.07) is 1.62. The molecular formula is C12H19N5O2S. The van der Waals surface area contributed by atoms with Crippen molar-refractivity contribution in [2.45, 2.75) is 24.9 Å². The minimum atomic E-state index is -3.51. The lowest BCUT2D eigenvalue weighted by Crippen LogP contribution is -2.23. The van der Waals surface area contributed by atoms with Crippen molar-refractivity contribution in [2.75, 3.05) is 7.05 Å². The molecule has 110 valence electrons. The lowest BCUT2D eigenvalue weighted by molar-refractivity contribution is 0.581. The molecule has 0 radical (unpaired) electrons. The third-order valence-corrected chi connectivity index (χ3v) is 4.56. The Morgan fingerprint density at radius 2 is 2.15 bits per heavy atom. The Morgan fingerprint density at radius 3 is 2.75 bits per heavy atom. The molecule has 0 aliphatic carbocycles. The van der Waals surface area contributed by atoms with Crippen LogP contribution in [0, 0.1) is 6.92 Å². The van der Waals surface area contributed by atoms with Crippen molar-refractivity contribution in [3.05, 3.63) is 35.4 Å². The van der Waals surface area contributed by atoms with Crippen LogP contribution >= 0.6 is 0 Å². The number of nitrogens with one attached hydrogen (secondary N) is 3. The van der Waals surface area contributed by atoms with Crippen LogP contribution in [0.4, 0.5) is 0 Å². The molecule has 0 saturated carbocycles. The van der Waals surface area contributed by atoms with Gasteiger partial charge in [-0.2, -0.15) is 5.10 Å². The SMILES string of the molecule is CNCc1cc(S(=O)(=O)NCc2cnn(C)c2C)c[nH]1. The van der Waals surface area contributed by atoms with Gasteiger partial charge in [0.05, 0.1) is 11.1 Å². The van der Waals surface area contributed by atoms with Gasteiger partial charge < -0.3 is 10.3 Å². The molecule has 8 heteroatoms. The maximum Gasteiger partial charge on any atom is 0.242 e. The summed E-state index contributed by atoms with van der Waals surface area (Å²) in [4.78, 5) is 3.17. The third kappa shape index (κ3) is 3.09. The van der Waals surface area contributed by atoms with Gasteiger partial charge in [-0.05, 0) is 20.0 Å². The van der Waals surface area contributed by atoms with E-state index < -0.39 is 10.0 Å². The summed E-state index contributed by atoms with van der Waals surface area (Å²) >= 11 is 0. The van der Waals surface area contributed by atoms with Gasteiger partial charge in [-0.1, -0.05) is 0 Å². The highest BCUT2D eigenvalue weighted by atomic mass is 32.2. The number of hydrogen-bond donors (Lipinski definition) is 3. The van der Waals surface area contributed by atoms with Gasteiger partial charge in [-0.15, -0.1) is 0 Å². The van der Waals surface area contributed by atoms with E-state index in [1.54, 1.807) is 24.0 Å². The van der Waals surface area contributed by atoms with Gasteiger partial charge in [0.15, 0.2) is 0 Å². The Labute approximate surface area is 118 Å². The maximum absolute atomic E-state index is 12.2. The monoisotopic (exact) mass is 297 g/mol. The second kappa shape index (κ2) is 5.78. The molecule has 0 fully saturated rings. The normalized spacial score (nSPS) is 11.9. The van der Waals surface area contributed by atoms with Crippen LogP contribution in [0.15, 0.2) is 23.4 Å². The number of aryl methyl sites for hydroxylation is 1. The summed E-state index contributed by atoms with van der Waals surface area (Å²) in [6.45, 7) is 2.73. The fraction of sp³-hybridized carbons (Fsp3) is 0.417. The first-order valence-electron chi connectivity index (χ1n) is 6.23. The van der Waals surface area contributed by atoms with E-state index in [9.17, 15) is 8.42 Å². The van der Waals surface area contributed by atoms with Crippen LogP contribution < -0.4 is 10.0 Å². The fourth-order valence-electron chi connectivity index (χ4n) is 1.84. The molecule has 0 aliphatic heterocycles. The molecule has 0 unspecified atom stereocenters. The van der Waals surface area contributed by atoms with Gasteiger partial charge in [0.1, 0.15) is 0 Å². The molecule has 0 amide bonds. The molecule has 0 aliphatic rings. The summed E-state index contributed by atoms with van der Waals surface area (Å²) in [5.41, 5.74) is 2.63. The van der Waals surface area contributed by atoms with Crippen molar-refractivity contribution < 1.29 is 8.42 Å². The summed E-state index contributed by atoms with van der Waals surface area (Å²) in [7, 11) is 0.117. The average Bonchev–Trinajstić information content (AvgIpc) is 2.98. The number of aromatic nitrogens is 3. The third-order valence-electron chi connectivity index (χ3n) is 3.18. The molecule has 0 atom stereocenters. The topological polar surface area (TPSA) is 91.8 Å². The van der Waals surface area contributed by atoms with E-state index in [0.717, 1.165) is 17.0 Å². The van der Waals surface area contributed by atoms with Crippen LogP contribution in [0.25, 0.3) is 0 Å². The van der Waals surface area contributed by atoms with Crippen LogP contribution in [0.1, 0.15) is 17.0 Å². The van der Waals surface area contributed by atoms with E-state index in [1.807, 2.05) is 14.0 Å². The number of rotatable bonds is 6. The van der Waals surface area contributed by atoms with Crippen molar-refractivity contribution in [2.24, 2.45) is 7.05 Å². The van der Waals surface area contributed by atoms with Crippen LogP contribution in [0.5, 0.6) is 0 Å².